The van der Waals surface area contributed by atoms with Crippen molar-refractivity contribution in [3.63, 3.8) is 0 Å². The van der Waals surface area contributed by atoms with Gasteiger partial charge in [-0.2, -0.15) is 5.10 Å². The van der Waals surface area contributed by atoms with E-state index in [1.807, 2.05) is 20.8 Å². The van der Waals surface area contributed by atoms with E-state index in [2.05, 4.69) is 10.1 Å². The highest BCUT2D eigenvalue weighted by atomic mass is 16.5. The van der Waals surface area contributed by atoms with E-state index in [4.69, 9.17) is 10.5 Å². The van der Waals surface area contributed by atoms with Crippen LogP contribution in [0, 0.1) is 0 Å². The second-order valence-corrected chi connectivity index (χ2v) is 6.16. The molecule has 0 bridgehead atoms. The van der Waals surface area contributed by atoms with Gasteiger partial charge in [0, 0.05) is 18.2 Å². The van der Waals surface area contributed by atoms with Gasteiger partial charge in [0.1, 0.15) is 5.60 Å². The van der Waals surface area contributed by atoms with E-state index in [9.17, 15) is 9.90 Å². The molecule has 0 aliphatic carbocycles. The van der Waals surface area contributed by atoms with Crippen LogP contribution in [0.3, 0.4) is 0 Å². The summed E-state index contributed by atoms with van der Waals surface area (Å²) >= 11 is 0. The molecule has 2 rings (SSSR count). The molecule has 0 aliphatic rings. The Kier molecular flexibility index (Phi) is 5.36. The second-order valence-electron chi connectivity index (χ2n) is 6.16. The first kappa shape index (κ1) is 18.1. The molecule has 1 heterocycles. The van der Waals surface area contributed by atoms with Gasteiger partial charge in [-0.3, -0.25) is 4.79 Å². The molecule has 0 saturated heterocycles. The summed E-state index contributed by atoms with van der Waals surface area (Å²) in [7, 11) is 1.61. The Bertz CT molecular complexity index is 707. The number of amides is 1. The first-order valence-electron chi connectivity index (χ1n) is 7.87. The zero-order chi connectivity index (χ0) is 17.9. The lowest BCUT2D eigenvalue weighted by Crippen LogP contribution is -2.28. The summed E-state index contributed by atoms with van der Waals surface area (Å²) < 4.78 is 7.19. The fraction of sp³-hybridized carbons (Fsp3) is 0.471. The Morgan fingerprint density at radius 2 is 2.00 bits per heavy atom. The molecule has 0 spiro atoms. The maximum atomic E-state index is 11.2. The number of aromatic nitrogens is 3. The van der Waals surface area contributed by atoms with Gasteiger partial charge in [0.2, 0.25) is 5.91 Å². The Morgan fingerprint density at radius 3 is 2.50 bits per heavy atom. The summed E-state index contributed by atoms with van der Waals surface area (Å²) in [6.07, 6.45) is 0.109. The van der Waals surface area contributed by atoms with Crippen molar-refractivity contribution in [3.8, 4) is 11.4 Å². The van der Waals surface area contributed by atoms with Crippen molar-refractivity contribution in [1.29, 1.82) is 0 Å². The summed E-state index contributed by atoms with van der Waals surface area (Å²) in [4.78, 5) is 15.8. The number of aliphatic hydroxyl groups is 1. The molecule has 0 radical (unpaired) electrons. The van der Waals surface area contributed by atoms with E-state index in [1.54, 1.807) is 36.1 Å². The van der Waals surface area contributed by atoms with E-state index >= 15 is 0 Å². The molecule has 7 nitrogen and oxygen atoms in total. The minimum atomic E-state index is -0.647. The van der Waals surface area contributed by atoms with Gasteiger partial charge in [-0.25, -0.2) is 9.67 Å². The topological polar surface area (TPSA) is 103 Å². The van der Waals surface area contributed by atoms with Gasteiger partial charge in [0.25, 0.3) is 0 Å². The van der Waals surface area contributed by atoms with Crippen LogP contribution in [0.1, 0.15) is 43.4 Å². The lowest BCUT2D eigenvalue weighted by molar-refractivity contribution is 0.00542. The fourth-order valence-electron chi connectivity index (χ4n) is 2.24. The smallest absolute Gasteiger partial charge is 0.248 e. The summed E-state index contributed by atoms with van der Waals surface area (Å²) in [6, 6.07) is 6.78. The Labute approximate surface area is 141 Å². The van der Waals surface area contributed by atoms with Crippen LogP contribution >= 0.6 is 0 Å². The molecule has 1 amide bonds. The van der Waals surface area contributed by atoms with E-state index in [0.29, 0.717) is 30.2 Å². The van der Waals surface area contributed by atoms with Crippen molar-refractivity contribution in [2.24, 2.45) is 5.73 Å². The van der Waals surface area contributed by atoms with Crippen molar-refractivity contribution in [2.75, 3.05) is 7.11 Å². The molecule has 1 aromatic heterocycles. The number of carbonyl (C=O) groups is 1. The number of carbonyl (C=O) groups excluding carboxylic acids is 1. The highest BCUT2D eigenvalue weighted by Gasteiger charge is 2.28. The number of nitrogens with zero attached hydrogens (tertiary/aromatic N) is 3. The predicted octanol–water partition coefficient (Wildman–Crippen LogP) is 1.70. The van der Waals surface area contributed by atoms with E-state index in [0.717, 1.165) is 5.56 Å². The molecule has 2 aromatic rings. The summed E-state index contributed by atoms with van der Waals surface area (Å²) in [5.41, 5.74) is 5.80. The Hall–Kier alpha value is -2.25. The summed E-state index contributed by atoms with van der Waals surface area (Å²) in [5, 5.41) is 14.5. The van der Waals surface area contributed by atoms with Crippen molar-refractivity contribution >= 4 is 5.91 Å². The lowest BCUT2D eigenvalue weighted by Gasteiger charge is -2.23. The maximum Gasteiger partial charge on any atom is 0.248 e. The van der Waals surface area contributed by atoms with E-state index in [-0.39, 0.29) is 0 Å². The second kappa shape index (κ2) is 7.11. The molecule has 130 valence electrons. The number of hydrogen-bond acceptors (Lipinski definition) is 5. The van der Waals surface area contributed by atoms with Crippen molar-refractivity contribution in [3.05, 3.63) is 35.7 Å². The van der Waals surface area contributed by atoms with Crippen LogP contribution in [0.2, 0.25) is 0 Å². The average Bonchev–Trinajstić information content (AvgIpc) is 2.99. The number of ether oxygens (including phenoxy) is 1. The van der Waals surface area contributed by atoms with Gasteiger partial charge < -0.3 is 15.6 Å². The van der Waals surface area contributed by atoms with Crippen LogP contribution in [-0.4, -0.2) is 39.0 Å². The molecular formula is C17H24N4O3. The van der Waals surface area contributed by atoms with Crippen LogP contribution in [-0.2, 0) is 16.9 Å². The highest BCUT2D eigenvalue weighted by Crippen LogP contribution is 2.26. The van der Waals surface area contributed by atoms with Crippen LogP contribution in [0.15, 0.2) is 24.3 Å². The normalized spacial score (nSPS) is 13.0. The van der Waals surface area contributed by atoms with Crippen LogP contribution in [0.25, 0.3) is 11.4 Å². The SMILES string of the molecule is CC[C@@H](O)Cn1nc(-c2ccc(C(N)=O)cc2)nc1C(C)(C)OC. The minimum absolute atomic E-state index is 0.338. The van der Waals surface area contributed by atoms with Gasteiger partial charge in [-0.05, 0) is 32.4 Å². The number of aliphatic hydroxyl groups excluding tert-OH is 1. The van der Waals surface area contributed by atoms with Crippen molar-refractivity contribution in [1.82, 2.24) is 14.8 Å². The summed E-state index contributed by atoms with van der Waals surface area (Å²) in [5.74, 6) is 0.660. The zero-order valence-electron chi connectivity index (χ0n) is 14.5. The van der Waals surface area contributed by atoms with Crippen LogP contribution < -0.4 is 5.73 Å². The molecule has 0 aliphatic heterocycles. The maximum absolute atomic E-state index is 11.2. The Morgan fingerprint density at radius 1 is 1.38 bits per heavy atom. The first-order valence-corrected chi connectivity index (χ1v) is 7.87. The molecule has 1 atom stereocenters. The lowest BCUT2D eigenvalue weighted by atomic mass is 10.1. The van der Waals surface area contributed by atoms with Crippen molar-refractivity contribution in [2.45, 2.75) is 45.4 Å². The number of rotatable bonds is 7. The van der Waals surface area contributed by atoms with Crippen LogP contribution in [0.5, 0.6) is 0 Å². The first-order chi connectivity index (χ1) is 11.3. The standard InChI is InChI=1S/C17H24N4O3/c1-5-13(22)10-21-16(17(2,3)24-4)19-15(20-21)12-8-6-11(7-9-12)14(18)23/h6-9,13,22H,5,10H2,1-4H3,(H2,18,23)/t13-/m1/s1. The fourth-order valence-corrected chi connectivity index (χ4v) is 2.24. The Balaban J connectivity index is 2.44. The number of primary amides is 1. The van der Waals surface area contributed by atoms with Crippen LogP contribution in [0.4, 0.5) is 0 Å². The van der Waals surface area contributed by atoms with Gasteiger partial charge in [0.15, 0.2) is 11.6 Å². The average molecular weight is 332 g/mol. The molecule has 24 heavy (non-hydrogen) atoms. The van der Waals surface area contributed by atoms with Gasteiger partial charge in [-0.15, -0.1) is 0 Å². The highest BCUT2D eigenvalue weighted by molar-refractivity contribution is 5.93. The molecule has 1 aromatic carbocycles. The summed E-state index contributed by atoms with van der Waals surface area (Å²) in [6.45, 7) is 6.04. The number of methoxy groups -OCH3 is 1. The van der Waals surface area contributed by atoms with Gasteiger partial charge in [-0.1, -0.05) is 19.1 Å². The number of nitrogens with two attached hydrogens (primary N) is 1. The molecule has 3 N–H and O–H groups in total. The molecule has 0 fully saturated rings. The third-order valence-electron chi connectivity index (χ3n) is 4.00. The zero-order valence-corrected chi connectivity index (χ0v) is 14.5. The molecule has 0 unspecified atom stereocenters. The van der Waals surface area contributed by atoms with Gasteiger partial charge in [0.05, 0.1) is 12.6 Å². The molecule has 0 saturated carbocycles. The number of benzene rings is 1. The predicted molar refractivity (Wildman–Crippen MR) is 90.3 cm³/mol. The van der Waals surface area contributed by atoms with E-state index < -0.39 is 17.6 Å². The monoisotopic (exact) mass is 332 g/mol. The third-order valence-corrected chi connectivity index (χ3v) is 4.00. The number of hydrogen-bond donors (Lipinski definition) is 2. The largest absolute Gasteiger partial charge is 0.391 e. The van der Waals surface area contributed by atoms with Gasteiger partial charge >= 0.3 is 0 Å². The van der Waals surface area contributed by atoms with E-state index in [1.165, 1.54) is 0 Å². The van der Waals surface area contributed by atoms with Crippen molar-refractivity contribution < 1.29 is 14.6 Å². The molecular weight excluding hydrogens is 308 g/mol. The quantitative estimate of drug-likeness (QED) is 0.803. The molecule has 7 heteroatoms. The third kappa shape index (κ3) is 3.80. The minimum Gasteiger partial charge on any atom is -0.391 e.